The molecule has 0 bridgehead atoms. The van der Waals surface area contributed by atoms with Crippen molar-refractivity contribution < 1.29 is 28.2 Å². The van der Waals surface area contributed by atoms with Crippen LogP contribution in [0.15, 0.2) is 40.0 Å². The van der Waals surface area contributed by atoms with Gasteiger partial charge in [0.05, 0.1) is 12.4 Å². The number of rotatable bonds is 8. The van der Waals surface area contributed by atoms with Crippen molar-refractivity contribution in [3.8, 4) is 34.5 Å². The fourth-order valence-electron chi connectivity index (χ4n) is 3.70. The van der Waals surface area contributed by atoms with E-state index in [0.29, 0.717) is 35.8 Å². The van der Waals surface area contributed by atoms with E-state index in [0.717, 1.165) is 34.6 Å². The first-order valence-corrected chi connectivity index (χ1v) is 11.7. The third kappa shape index (κ3) is 4.70. The van der Waals surface area contributed by atoms with Crippen LogP contribution in [0.25, 0.3) is 11.5 Å². The Balaban J connectivity index is 1.17. The monoisotopic (exact) mass is 469 g/mol. The van der Waals surface area contributed by atoms with Gasteiger partial charge in [0.1, 0.15) is 17.6 Å². The molecule has 9 nitrogen and oxygen atoms in total. The summed E-state index contributed by atoms with van der Waals surface area (Å²) in [6, 6.07) is 9.36. The first-order valence-electron chi connectivity index (χ1n) is 10.7. The third-order valence-corrected chi connectivity index (χ3v) is 6.03. The maximum absolute atomic E-state index is 12.4. The number of nitrogens with zero attached hydrogens (tertiary/aromatic N) is 2. The van der Waals surface area contributed by atoms with Crippen molar-refractivity contribution in [1.82, 2.24) is 15.5 Å². The van der Waals surface area contributed by atoms with E-state index in [1.165, 1.54) is 11.8 Å². The van der Waals surface area contributed by atoms with Crippen LogP contribution in [0.1, 0.15) is 25.0 Å². The summed E-state index contributed by atoms with van der Waals surface area (Å²) < 4.78 is 28.0. The summed E-state index contributed by atoms with van der Waals surface area (Å²) in [4.78, 5) is 12.4. The SMILES string of the molecule is CCOc1cc2c(cc1CNC(=O)CSc1nnc(-c3ccc4c(c3)OCO4)o1)O[C@H](C)C2. The largest absolute Gasteiger partial charge is 0.494 e. The smallest absolute Gasteiger partial charge is 0.277 e. The summed E-state index contributed by atoms with van der Waals surface area (Å²) in [5.74, 6) is 3.29. The molecule has 5 rings (SSSR count). The number of carbonyl (C=O) groups excluding carboxylic acids is 1. The highest BCUT2D eigenvalue weighted by molar-refractivity contribution is 7.99. The van der Waals surface area contributed by atoms with Gasteiger partial charge in [-0.05, 0) is 44.2 Å². The number of hydrogen-bond donors (Lipinski definition) is 1. The number of nitrogens with one attached hydrogen (secondary N) is 1. The van der Waals surface area contributed by atoms with Crippen LogP contribution in [0.3, 0.4) is 0 Å². The Kier molecular flexibility index (Phi) is 5.99. The van der Waals surface area contributed by atoms with Gasteiger partial charge in [0.2, 0.25) is 18.6 Å². The van der Waals surface area contributed by atoms with Crippen LogP contribution in [-0.2, 0) is 17.8 Å². The molecule has 0 spiro atoms. The molecule has 0 aliphatic carbocycles. The van der Waals surface area contributed by atoms with E-state index in [-0.39, 0.29) is 24.6 Å². The lowest BCUT2D eigenvalue weighted by Crippen LogP contribution is -2.25. The molecule has 10 heteroatoms. The number of hydrogen-bond acceptors (Lipinski definition) is 9. The van der Waals surface area contributed by atoms with Crippen LogP contribution in [0.2, 0.25) is 0 Å². The zero-order valence-corrected chi connectivity index (χ0v) is 19.1. The number of fused-ring (bicyclic) bond motifs is 2. The van der Waals surface area contributed by atoms with Crippen LogP contribution in [-0.4, -0.2) is 41.4 Å². The van der Waals surface area contributed by atoms with Gasteiger partial charge in [-0.3, -0.25) is 4.79 Å². The van der Waals surface area contributed by atoms with Crippen LogP contribution in [0, 0.1) is 0 Å². The van der Waals surface area contributed by atoms with Gasteiger partial charge in [0.15, 0.2) is 11.5 Å². The molecule has 1 amide bonds. The Labute approximate surface area is 194 Å². The van der Waals surface area contributed by atoms with Crippen molar-refractivity contribution in [2.75, 3.05) is 19.2 Å². The summed E-state index contributed by atoms with van der Waals surface area (Å²) in [6.45, 7) is 5.06. The molecular weight excluding hydrogens is 446 g/mol. The van der Waals surface area contributed by atoms with E-state index in [9.17, 15) is 4.79 Å². The molecule has 0 unspecified atom stereocenters. The van der Waals surface area contributed by atoms with Crippen molar-refractivity contribution >= 4 is 17.7 Å². The molecule has 1 aromatic heterocycles. The van der Waals surface area contributed by atoms with Crippen molar-refractivity contribution in [3.63, 3.8) is 0 Å². The Morgan fingerprint density at radius 2 is 2.06 bits per heavy atom. The molecular formula is C23H23N3O6S. The maximum Gasteiger partial charge on any atom is 0.277 e. The molecule has 2 aliphatic rings. The van der Waals surface area contributed by atoms with Gasteiger partial charge in [-0.25, -0.2) is 0 Å². The fourth-order valence-corrected chi connectivity index (χ4v) is 4.29. The van der Waals surface area contributed by atoms with Crippen molar-refractivity contribution in [2.24, 2.45) is 0 Å². The lowest BCUT2D eigenvalue weighted by Gasteiger charge is -2.13. The maximum atomic E-state index is 12.4. The summed E-state index contributed by atoms with van der Waals surface area (Å²) in [6.07, 6.45) is 1.00. The zero-order chi connectivity index (χ0) is 22.8. The Hall–Kier alpha value is -3.40. The second-order valence-electron chi connectivity index (χ2n) is 7.64. The fraction of sp³-hybridized carbons (Fsp3) is 0.348. The molecule has 0 saturated carbocycles. The highest BCUT2D eigenvalue weighted by atomic mass is 32.2. The molecule has 0 radical (unpaired) electrons. The first-order chi connectivity index (χ1) is 16.1. The predicted octanol–water partition coefficient (Wildman–Crippen LogP) is 3.60. The second-order valence-corrected chi connectivity index (χ2v) is 8.57. The van der Waals surface area contributed by atoms with Gasteiger partial charge < -0.3 is 28.7 Å². The van der Waals surface area contributed by atoms with Crippen LogP contribution in [0.5, 0.6) is 23.0 Å². The van der Waals surface area contributed by atoms with E-state index in [1.807, 2.05) is 32.0 Å². The minimum atomic E-state index is -0.153. The topological polar surface area (TPSA) is 105 Å². The Morgan fingerprint density at radius 3 is 2.94 bits per heavy atom. The quantitative estimate of drug-likeness (QED) is 0.496. The van der Waals surface area contributed by atoms with Crippen LogP contribution >= 0.6 is 11.8 Å². The molecule has 33 heavy (non-hydrogen) atoms. The lowest BCUT2D eigenvalue weighted by atomic mass is 10.1. The van der Waals surface area contributed by atoms with Gasteiger partial charge in [-0.15, -0.1) is 10.2 Å². The molecule has 0 fully saturated rings. The number of thioether (sulfide) groups is 1. The molecule has 2 aromatic carbocycles. The first kappa shape index (κ1) is 21.4. The van der Waals surface area contributed by atoms with Crippen molar-refractivity contribution in [3.05, 3.63) is 41.5 Å². The van der Waals surface area contributed by atoms with Gasteiger partial charge in [0, 0.05) is 29.7 Å². The van der Waals surface area contributed by atoms with E-state index in [1.54, 1.807) is 12.1 Å². The highest BCUT2D eigenvalue weighted by Crippen LogP contribution is 2.36. The van der Waals surface area contributed by atoms with Crippen LogP contribution in [0.4, 0.5) is 0 Å². The summed E-state index contributed by atoms with van der Waals surface area (Å²) >= 11 is 1.18. The number of benzene rings is 2. The average molecular weight is 470 g/mol. The van der Waals surface area contributed by atoms with Crippen LogP contribution < -0.4 is 24.3 Å². The van der Waals surface area contributed by atoms with Gasteiger partial charge >= 0.3 is 0 Å². The lowest BCUT2D eigenvalue weighted by molar-refractivity contribution is -0.118. The standard InChI is InChI=1S/C23H23N3O6S/c1-3-28-18-8-15-6-13(2)31-19(15)9-16(18)10-24-21(27)11-33-23-26-25-22(32-23)14-4-5-17-20(7-14)30-12-29-17/h4-5,7-9,13H,3,6,10-12H2,1-2H3,(H,24,27)/t13-/m1/s1. The highest BCUT2D eigenvalue weighted by Gasteiger charge is 2.22. The predicted molar refractivity (Wildman–Crippen MR) is 120 cm³/mol. The molecule has 1 atom stereocenters. The Bertz CT molecular complexity index is 1180. The average Bonchev–Trinajstić information content (AvgIpc) is 3.54. The van der Waals surface area contributed by atoms with Crippen molar-refractivity contribution in [1.29, 1.82) is 0 Å². The minimum Gasteiger partial charge on any atom is -0.494 e. The Morgan fingerprint density at radius 1 is 1.18 bits per heavy atom. The molecule has 172 valence electrons. The molecule has 2 aliphatic heterocycles. The molecule has 0 saturated heterocycles. The van der Waals surface area contributed by atoms with Gasteiger partial charge in [-0.1, -0.05) is 11.8 Å². The van der Waals surface area contributed by atoms with Gasteiger partial charge in [0.25, 0.3) is 5.22 Å². The number of carbonyl (C=O) groups is 1. The molecule has 3 aromatic rings. The number of amides is 1. The van der Waals surface area contributed by atoms with E-state index < -0.39 is 0 Å². The summed E-state index contributed by atoms with van der Waals surface area (Å²) in [5.41, 5.74) is 2.73. The zero-order valence-electron chi connectivity index (χ0n) is 18.3. The van der Waals surface area contributed by atoms with E-state index in [2.05, 4.69) is 15.5 Å². The number of ether oxygens (including phenoxy) is 4. The normalized spacial score (nSPS) is 15.8. The second kappa shape index (κ2) is 9.22. The summed E-state index contributed by atoms with van der Waals surface area (Å²) in [5, 5.41) is 11.3. The molecule has 1 N–H and O–H groups in total. The third-order valence-electron chi connectivity index (χ3n) is 5.21. The summed E-state index contributed by atoms with van der Waals surface area (Å²) in [7, 11) is 0. The molecule has 3 heterocycles. The number of aromatic nitrogens is 2. The van der Waals surface area contributed by atoms with Gasteiger partial charge in [-0.2, -0.15) is 0 Å². The van der Waals surface area contributed by atoms with E-state index in [4.69, 9.17) is 23.4 Å². The van der Waals surface area contributed by atoms with E-state index >= 15 is 0 Å². The minimum absolute atomic E-state index is 0.144. The van der Waals surface area contributed by atoms with Crippen molar-refractivity contribution in [2.45, 2.75) is 38.1 Å².